The predicted molar refractivity (Wildman–Crippen MR) is 62.0 cm³/mol. The molecule has 0 aromatic carbocycles. The fourth-order valence-electron chi connectivity index (χ4n) is 1.55. The summed E-state index contributed by atoms with van der Waals surface area (Å²) in [5.41, 5.74) is 0.895. The molecule has 0 amide bonds. The van der Waals surface area contributed by atoms with Crippen molar-refractivity contribution >= 4 is 0 Å². The van der Waals surface area contributed by atoms with Crippen LogP contribution >= 0.6 is 0 Å². The van der Waals surface area contributed by atoms with Gasteiger partial charge in [-0.1, -0.05) is 27.2 Å². The SMILES string of the molecule is CCCCc1nc(CC(C)C)cc(=O)[nH]1. The molecule has 0 fully saturated rings. The molecule has 3 heteroatoms. The minimum atomic E-state index is -0.0215. The number of hydrogen-bond donors (Lipinski definition) is 1. The molecular formula is C12H20N2O. The van der Waals surface area contributed by atoms with Crippen LogP contribution in [-0.2, 0) is 12.8 Å². The van der Waals surface area contributed by atoms with Gasteiger partial charge in [0, 0.05) is 18.2 Å². The maximum absolute atomic E-state index is 11.4. The topological polar surface area (TPSA) is 45.8 Å². The third-order valence-corrected chi connectivity index (χ3v) is 2.23. The molecule has 0 radical (unpaired) electrons. The number of aromatic nitrogens is 2. The van der Waals surface area contributed by atoms with E-state index < -0.39 is 0 Å². The lowest BCUT2D eigenvalue weighted by atomic mass is 10.1. The summed E-state index contributed by atoms with van der Waals surface area (Å²) in [5, 5.41) is 0. The van der Waals surface area contributed by atoms with Crippen LogP contribution in [-0.4, -0.2) is 9.97 Å². The first-order valence-electron chi connectivity index (χ1n) is 5.71. The molecule has 0 saturated heterocycles. The molecule has 1 aromatic heterocycles. The van der Waals surface area contributed by atoms with Crippen LogP contribution in [0.15, 0.2) is 10.9 Å². The van der Waals surface area contributed by atoms with Gasteiger partial charge in [-0.15, -0.1) is 0 Å². The number of nitrogens with zero attached hydrogens (tertiary/aromatic N) is 1. The average molecular weight is 208 g/mol. The van der Waals surface area contributed by atoms with Gasteiger partial charge < -0.3 is 4.98 Å². The van der Waals surface area contributed by atoms with Crippen molar-refractivity contribution in [2.45, 2.75) is 46.5 Å². The van der Waals surface area contributed by atoms with Gasteiger partial charge in [0.2, 0.25) is 0 Å². The number of nitrogens with one attached hydrogen (secondary N) is 1. The molecule has 0 aliphatic rings. The first kappa shape index (κ1) is 12.0. The zero-order chi connectivity index (χ0) is 11.3. The third-order valence-electron chi connectivity index (χ3n) is 2.23. The van der Waals surface area contributed by atoms with Crippen LogP contribution in [0.25, 0.3) is 0 Å². The van der Waals surface area contributed by atoms with Crippen LogP contribution < -0.4 is 5.56 Å². The van der Waals surface area contributed by atoms with Crippen molar-refractivity contribution in [2.24, 2.45) is 5.92 Å². The highest BCUT2D eigenvalue weighted by Crippen LogP contribution is 2.04. The molecule has 0 bridgehead atoms. The van der Waals surface area contributed by atoms with Crippen molar-refractivity contribution in [2.75, 3.05) is 0 Å². The Bertz CT molecular complexity index is 355. The number of aryl methyl sites for hydroxylation is 1. The second kappa shape index (κ2) is 5.69. The van der Waals surface area contributed by atoms with E-state index in [1.807, 2.05) is 0 Å². The Balaban J connectivity index is 2.80. The Hall–Kier alpha value is -1.12. The smallest absolute Gasteiger partial charge is 0.251 e. The zero-order valence-electron chi connectivity index (χ0n) is 9.84. The summed E-state index contributed by atoms with van der Waals surface area (Å²) in [6.07, 6.45) is 3.95. The van der Waals surface area contributed by atoms with E-state index >= 15 is 0 Å². The lowest BCUT2D eigenvalue weighted by molar-refractivity contribution is 0.626. The summed E-state index contributed by atoms with van der Waals surface area (Å²) in [7, 11) is 0. The standard InChI is InChI=1S/C12H20N2O/c1-4-5-6-11-13-10(7-9(2)3)8-12(15)14-11/h8-9H,4-7H2,1-3H3,(H,13,14,15). The van der Waals surface area contributed by atoms with Crippen molar-refractivity contribution in [1.82, 2.24) is 9.97 Å². The molecule has 15 heavy (non-hydrogen) atoms. The Morgan fingerprint density at radius 1 is 1.47 bits per heavy atom. The number of H-pyrrole nitrogens is 1. The summed E-state index contributed by atoms with van der Waals surface area (Å²) in [6.45, 7) is 6.40. The van der Waals surface area contributed by atoms with E-state index in [1.54, 1.807) is 6.07 Å². The van der Waals surface area contributed by atoms with Gasteiger partial charge in [-0.3, -0.25) is 4.79 Å². The van der Waals surface area contributed by atoms with E-state index in [9.17, 15) is 4.79 Å². The molecule has 1 N–H and O–H groups in total. The van der Waals surface area contributed by atoms with Gasteiger partial charge in [-0.05, 0) is 18.8 Å². The first-order valence-corrected chi connectivity index (χ1v) is 5.71. The highest BCUT2D eigenvalue weighted by molar-refractivity contribution is 5.03. The Labute approximate surface area is 91.0 Å². The van der Waals surface area contributed by atoms with Crippen molar-refractivity contribution in [1.29, 1.82) is 0 Å². The molecule has 0 spiro atoms. The lowest BCUT2D eigenvalue weighted by Crippen LogP contribution is -2.14. The largest absolute Gasteiger partial charge is 0.311 e. The monoisotopic (exact) mass is 208 g/mol. The van der Waals surface area contributed by atoms with Gasteiger partial charge in [0.05, 0.1) is 0 Å². The first-order chi connectivity index (χ1) is 7.11. The van der Waals surface area contributed by atoms with Gasteiger partial charge in [0.25, 0.3) is 5.56 Å². The van der Waals surface area contributed by atoms with E-state index in [0.717, 1.165) is 37.2 Å². The molecule has 0 aliphatic heterocycles. The van der Waals surface area contributed by atoms with Crippen LogP contribution in [0.2, 0.25) is 0 Å². The minimum absolute atomic E-state index is 0.0215. The summed E-state index contributed by atoms with van der Waals surface area (Å²) < 4.78 is 0. The van der Waals surface area contributed by atoms with Crippen molar-refractivity contribution in [3.05, 3.63) is 27.9 Å². The fraction of sp³-hybridized carbons (Fsp3) is 0.667. The summed E-state index contributed by atoms with van der Waals surface area (Å²) >= 11 is 0. The summed E-state index contributed by atoms with van der Waals surface area (Å²) in [6, 6.07) is 1.61. The number of aromatic amines is 1. The summed E-state index contributed by atoms with van der Waals surface area (Å²) in [5.74, 6) is 1.37. The molecule has 1 rings (SSSR count). The highest BCUT2D eigenvalue weighted by Gasteiger charge is 2.03. The van der Waals surface area contributed by atoms with Crippen LogP contribution in [0.1, 0.15) is 45.1 Å². The van der Waals surface area contributed by atoms with Crippen molar-refractivity contribution < 1.29 is 0 Å². The fourth-order valence-corrected chi connectivity index (χ4v) is 1.55. The maximum Gasteiger partial charge on any atom is 0.251 e. The molecule has 1 aromatic rings. The van der Waals surface area contributed by atoms with Crippen LogP contribution in [0.3, 0.4) is 0 Å². The Morgan fingerprint density at radius 3 is 2.80 bits per heavy atom. The Morgan fingerprint density at radius 2 is 2.20 bits per heavy atom. The zero-order valence-corrected chi connectivity index (χ0v) is 9.84. The predicted octanol–water partition coefficient (Wildman–Crippen LogP) is 2.31. The van der Waals surface area contributed by atoms with Crippen LogP contribution in [0.4, 0.5) is 0 Å². The maximum atomic E-state index is 11.4. The second-order valence-corrected chi connectivity index (χ2v) is 4.38. The third kappa shape index (κ3) is 4.28. The van der Waals surface area contributed by atoms with Crippen LogP contribution in [0.5, 0.6) is 0 Å². The highest BCUT2D eigenvalue weighted by atomic mass is 16.1. The van der Waals surface area contributed by atoms with E-state index in [-0.39, 0.29) is 5.56 Å². The minimum Gasteiger partial charge on any atom is -0.311 e. The lowest BCUT2D eigenvalue weighted by Gasteiger charge is -2.05. The molecule has 3 nitrogen and oxygen atoms in total. The van der Waals surface area contributed by atoms with Gasteiger partial charge >= 0.3 is 0 Å². The molecule has 0 atom stereocenters. The average Bonchev–Trinajstić information content (AvgIpc) is 2.12. The van der Waals surface area contributed by atoms with E-state index in [2.05, 4.69) is 30.7 Å². The Kier molecular flexibility index (Phi) is 4.53. The molecular weight excluding hydrogens is 188 g/mol. The van der Waals surface area contributed by atoms with Crippen LogP contribution in [0, 0.1) is 5.92 Å². The van der Waals surface area contributed by atoms with Gasteiger partial charge in [-0.2, -0.15) is 0 Å². The second-order valence-electron chi connectivity index (χ2n) is 4.38. The van der Waals surface area contributed by atoms with Crippen molar-refractivity contribution in [3.63, 3.8) is 0 Å². The quantitative estimate of drug-likeness (QED) is 0.807. The van der Waals surface area contributed by atoms with Gasteiger partial charge in [-0.25, -0.2) is 4.98 Å². The van der Waals surface area contributed by atoms with E-state index in [4.69, 9.17) is 0 Å². The number of rotatable bonds is 5. The number of hydrogen-bond acceptors (Lipinski definition) is 2. The van der Waals surface area contributed by atoms with Gasteiger partial charge in [0.15, 0.2) is 0 Å². The normalized spacial score (nSPS) is 10.9. The molecule has 0 aliphatic carbocycles. The molecule has 1 heterocycles. The van der Waals surface area contributed by atoms with E-state index in [0.29, 0.717) is 5.92 Å². The molecule has 0 saturated carbocycles. The van der Waals surface area contributed by atoms with E-state index in [1.165, 1.54) is 0 Å². The number of unbranched alkanes of at least 4 members (excludes halogenated alkanes) is 1. The van der Waals surface area contributed by atoms with Gasteiger partial charge in [0.1, 0.15) is 5.82 Å². The molecule has 84 valence electrons. The van der Waals surface area contributed by atoms with Crippen molar-refractivity contribution in [3.8, 4) is 0 Å². The summed E-state index contributed by atoms with van der Waals surface area (Å²) in [4.78, 5) is 18.6. The molecule has 0 unspecified atom stereocenters.